The molecular weight excluding hydrogens is 261 g/mol. The molecule has 0 bridgehead atoms. The number of hydrogen-bond donors (Lipinski definition) is 2. The van der Waals surface area contributed by atoms with Crippen LogP contribution >= 0.6 is 23.2 Å². The Morgan fingerprint density at radius 1 is 1.41 bits per heavy atom. The molecule has 0 radical (unpaired) electrons. The Morgan fingerprint density at radius 3 is 2.65 bits per heavy atom. The van der Waals surface area contributed by atoms with Crippen LogP contribution in [0.2, 0.25) is 10.0 Å². The molecule has 0 saturated heterocycles. The number of benzene rings is 1. The third-order valence-corrected chi connectivity index (χ3v) is 3.08. The summed E-state index contributed by atoms with van der Waals surface area (Å²) in [4.78, 5) is 0. The molecule has 0 unspecified atom stereocenters. The molecule has 5 heteroatoms. The van der Waals surface area contributed by atoms with E-state index in [1.807, 2.05) is 13.0 Å². The molecule has 0 aromatic heterocycles. The average Bonchev–Trinajstić information content (AvgIpc) is 2.29. The summed E-state index contributed by atoms with van der Waals surface area (Å²) >= 11 is 12.0. The summed E-state index contributed by atoms with van der Waals surface area (Å²) in [6, 6.07) is 3.52. The Kier molecular flexibility index (Phi) is 6.06. The van der Waals surface area contributed by atoms with Crippen molar-refractivity contribution in [3.05, 3.63) is 27.7 Å². The highest BCUT2D eigenvalue weighted by Crippen LogP contribution is 2.32. The van der Waals surface area contributed by atoms with Crippen molar-refractivity contribution in [2.45, 2.75) is 25.9 Å². The highest BCUT2D eigenvalue weighted by atomic mass is 35.5. The largest absolute Gasteiger partial charge is 0.495 e. The summed E-state index contributed by atoms with van der Waals surface area (Å²) in [5.74, 6) is 0.622. The average molecular weight is 278 g/mol. The molecule has 0 aliphatic heterocycles. The number of hydrogen-bond acceptors (Lipinski definition) is 3. The van der Waals surface area contributed by atoms with Gasteiger partial charge in [-0.25, -0.2) is 0 Å². The predicted octanol–water partition coefficient (Wildman–Crippen LogP) is 2.86. The van der Waals surface area contributed by atoms with Gasteiger partial charge in [-0.1, -0.05) is 30.1 Å². The van der Waals surface area contributed by atoms with Crippen molar-refractivity contribution in [3.8, 4) is 5.75 Å². The molecule has 0 spiro atoms. The van der Waals surface area contributed by atoms with Crippen LogP contribution in [0.15, 0.2) is 12.1 Å². The van der Waals surface area contributed by atoms with Gasteiger partial charge in [0.05, 0.1) is 18.7 Å². The maximum absolute atomic E-state index is 9.09. The monoisotopic (exact) mass is 277 g/mol. The van der Waals surface area contributed by atoms with Gasteiger partial charge < -0.3 is 15.2 Å². The van der Waals surface area contributed by atoms with Crippen LogP contribution in [0.1, 0.15) is 18.9 Å². The van der Waals surface area contributed by atoms with Gasteiger partial charge in [0.15, 0.2) is 0 Å². The van der Waals surface area contributed by atoms with Crippen molar-refractivity contribution in [1.82, 2.24) is 5.32 Å². The maximum Gasteiger partial charge on any atom is 0.142 e. The predicted molar refractivity (Wildman–Crippen MR) is 71.0 cm³/mol. The minimum atomic E-state index is 0.0671. The van der Waals surface area contributed by atoms with Gasteiger partial charge in [-0.15, -0.1) is 0 Å². The van der Waals surface area contributed by atoms with Crippen molar-refractivity contribution >= 4 is 23.2 Å². The first-order valence-electron chi connectivity index (χ1n) is 5.48. The van der Waals surface area contributed by atoms with E-state index in [-0.39, 0.29) is 12.6 Å². The quantitative estimate of drug-likeness (QED) is 0.840. The van der Waals surface area contributed by atoms with Gasteiger partial charge in [0, 0.05) is 23.2 Å². The third-order valence-electron chi connectivity index (χ3n) is 2.58. The fourth-order valence-electron chi connectivity index (χ4n) is 1.57. The maximum atomic E-state index is 9.09. The molecule has 1 rings (SSSR count). The molecule has 17 heavy (non-hydrogen) atoms. The van der Waals surface area contributed by atoms with Crippen molar-refractivity contribution in [2.24, 2.45) is 0 Å². The van der Waals surface area contributed by atoms with Crippen LogP contribution in [0.4, 0.5) is 0 Å². The van der Waals surface area contributed by atoms with E-state index in [1.54, 1.807) is 13.2 Å². The molecule has 96 valence electrons. The zero-order valence-corrected chi connectivity index (χ0v) is 11.5. The zero-order chi connectivity index (χ0) is 12.8. The number of nitrogens with one attached hydrogen (secondary N) is 1. The smallest absolute Gasteiger partial charge is 0.142 e. The lowest BCUT2D eigenvalue weighted by molar-refractivity contribution is 0.238. The van der Waals surface area contributed by atoms with Crippen LogP contribution in [0.25, 0.3) is 0 Å². The van der Waals surface area contributed by atoms with E-state index in [0.29, 0.717) is 22.3 Å². The number of rotatable bonds is 6. The number of ether oxygens (including phenoxy) is 1. The van der Waals surface area contributed by atoms with E-state index in [0.717, 1.165) is 12.0 Å². The fourth-order valence-corrected chi connectivity index (χ4v) is 2.18. The second-order valence-electron chi connectivity index (χ2n) is 3.75. The zero-order valence-electron chi connectivity index (χ0n) is 9.96. The van der Waals surface area contributed by atoms with Gasteiger partial charge in [-0.3, -0.25) is 0 Å². The third kappa shape index (κ3) is 4.03. The molecule has 0 amide bonds. The lowest BCUT2D eigenvalue weighted by Crippen LogP contribution is -2.31. The van der Waals surface area contributed by atoms with Gasteiger partial charge in [0.25, 0.3) is 0 Å². The highest BCUT2D eigenvalue weighted by Gasteiger charge is 2.11. The van der Waals surface area contributed by atoms with E-state index < -0.39 is 0 Å². The van der Waals surface area contributed by atoms with Gasteiger partial charge in [-0.05, 0) is 18.6 Å². The highest BCUT2D eigenvalue weighted by molar-refractivity contribution is 6.35. The Labute approximate surface area is 112 Å². The van der Waals surface area contributed by atoms with Crippen LogP contribution in [0.3, 0.4) is 0 Å². The topological polar surface area (TPSA) is 41.5 Å². The molecule has 2 N–H and O–H groups in total. The molecule has 0 heterocycles. The first-order valence-corrected chi connectivity index (χ1v) is 6.24. The molecule has 1 atom stereocenters. The summed E-state index contributed by atoms with van der Waals surface area (Å²) in [6.07, 6.45) is 0.854. The first-order chi connectivity index (χ1) is 8.12. The Hall–Kier alpha value is -0.480. The molecule has 0 aliphatic carbocycles. The molecule has 3 nitrogen and oxygen atoms in total. The van der Waals surface area contributed by atoms with Crippen LogP contribution in [-0.2, 0) is 6.54 Å². The van der Waals surface area contributed by atoms with Crippen molar-refractivity contribution in [3.63, 3.8) is 0 Å². The van der Waals surface area contributed by atoms with Gasteiger partial charge in [0.1, 0.15) is 5.75 Å². The van der Waals surface area contributed by atoms with E-state index in [2.05, 4.69) is 5.32 Å². The summed E-state index contributed by atoms with van der Waals surface area (Å²) in [5.41, 5.74) is 0.886. The van der Waals surface area contributed by atoms with Crippen LogP contribution < -0.4 is 10.1 Å². The molecular formula is C12H17Cl2NO2. The van der Waals surface area contributed by atoms with Crippen molar-refractivity contribution < 1.29 is 9.84 Å². The van der Waals surface area contributed by atoms with Crippen LogP contribution in [-0.4, -0.2) is 24.9 Å². The number of aliphatic hydroxyl groups is 1. The second kappa shape index (κ2) is 7.07. The summed E-state index contributed by atoms with van der Waals surface area (Å²) in [7, 11) is 1.57. The Morgan fingerprint density at radius 2 is 2.12 bits per heavy atom. The Balaban J connectivity index is 2.82. The molecule has 0 saturated carbocycles. The molecule has 1 aromatic carbocycles. The minimum absolute atomic E-state index is 0.0671. The standard InChI is InChI=1S/C12H17Cl2NO2/c1-3-10(7-16)15-6-8-4-9(13)5-11(14)12(8)17-2/h4-5,10,15-16H,3,6-7H2,1-2H3/t10-/m0/s1. The van der Waals surface area contributed by atoms with Gasteiger partial charge in [0.2, 0.25) is 0 Å². The van der Waals surface area contributed by atoms with Crippen LogP contribution in [0.5, 0.6) is 5.75 Å². The lowest BCUT2D eigenvalue weighted by Gasteiger charge is -2.16. The van der Waals surface area contributed by atoms with Gasteiger partial charge >= 0.3 is 0 Å². The normalized spacial score (nSPS) is 12.5. The van der Waals surface area contributed by atoms with Crippen LogP contribution in [0, 0.1) is 0 Å². The number of aliphatic hydroxyl groups excluding tert-OH is 1. The summed E-state index contributed by atoms with van der Waals surface area (Å²) in [6.45, 7) is 2.67. The molecule has 0 fully saturated rings. The lowest BCUT2D eigenvalue weighted by atomic mass is 10.1. The first kappa shape index (κ1) is 14.6. The van der Waals surface area contributed by atoms with E-state index >= 15 is 0 Å². The number of halogens is 2. The fraction of sp³-hybridized carbons (Fsp3) is 0.500. The van der Waals surface area contributed by atoms with E-state index in [1.165, 1.54) is 0 Å². The number of methoxy groups -OCH3 is 1. The van der Waals surface area contributed by atoms with E-state index in [9.17, 15) is 0 Å². The van der Waals surface area contributed by atoms with Crippen molar-refractivity contribution in [1.29, 1.82) is 0 Å². The van der Waals surface area contributed by atoms with Crippen molar-refractivity contribution in [2.75, 3.05) is 13.7 Å². The van der Waals surface area contributed by atoms with E-state index in [4.69, 9.17) is 33.0 Å². The Bertz CT molecular complexity index is 368. The summed E-state index contributed by atoms with van der Waals surface area (Å²) < 4.78 is 5.24. The minimum Gasteiger partial charge on any atom is -0.495 e. The summed E-state index contributed by atoms with van der Waals surface area (Å²) in [5, 5.41) is 13.4. The molecule has 0 aliphatic rings. The second-order valence-corrected chi connectivity index (χ2v) is 4.59. The van der Waals surface area contributed by atoms with Gasteiger partial charge in [-0.2, -0.15) is 0 Å². The molecule has 1 aromatic rings. The SMILES string of the molecule is CC[C@@H](CO)NCc1cc(Cl)cc(Cl)c1OC.